The van der Waals surface area contributed by atoms with Crippen LogP contribution < -0.4 is 4.74 Å². The van der Waals surface area contributed by atoms with Crippen molar-refractivity contribution in [1.29, 1.82) is 0 Å². The summed E-state index contributed by atoms with van der Waals surface area (Å²) in [6, 6.07) is 6.71. The Labute approximate surface area is 93.9 Å². The minimum absolute atomic E-state index is 0.0155. The van der Waals surface area contributed by atoms with Crippen LogP contribution in [0.1, 0.15) is 24.8 Å². The molecule has 0 aliphatic carbocycles. The van der Waals surface area contributed by atoms with Crippen molar-refractivity contribution < 1.29 is 19.4 Å². The molecule has 0 fully saturated rings. The maximum absolute atomic E-state index is 11.0. The fourth-order valence-electron chi connectivity index (χ4n) is 1.47. The zero-order valence-electron chi connectivity index (χ0n) is 9.27. The Morgan fingerprint density at radius 2 is 1.88 bits per heavy atom. The van der Waals surface area contributed by atoms with E-state index in [1.54, 1.807) is 31.4 Å². The Morgan fingerprint density at radius 3 is 2.25 bits per heavy atom. The van der Waals surface area contributed by atoms with Gasteiger partial charge >= 0.3 is 5.97 Å². The van der Waals surface area contributed by atoms with Gasteiger partial charge in [-0.15, -0.1) is 0 Å². The lowest BCUT2D eigenvalue weighted by Gasteiger charge is -2.11. The minimum atomic E-state index is -0.986. The lowest BCUT2D eigenvalue weighted by molar-refractivity contribution is -0.140. The smallest absolute Gasteiger partial charge is 0.311 e. The van der Waals surface area contributed by atoms with E-state index in [-0.39, 0.29) is 12.2 Å². The number of carboxylic acid groups (broad SMARTS) is 1. The number of carboxylic acids is 1. The molecule has 1 rings (SSSR count). The topological polar surface area (TPSA) is 63.6 Å². The predicted octanol–water partition coefficient (Wildman–Crippen LogP) is 1.84. The van der Waals surface area contributed by atoms with Gasteiger partial charge in [-0.3, -0.25) is 9.59 Å². The Morgan fingerprint density at radius 1 is 1.31 bits per heavy atom. The number of methoxy groups -OCH3 is 1. The van der Waals surface area contributed by atoms with Crippen molar-refractivity contribution in [2.45, 2.75) is 19.3 Å². The number of aliphatic carboxylic acids is 1. The highest BCUT2D eigenvalue weighted by molar-refractivity contribution is 5.85. The summed E-state index contributed by atoms with van der Waals surface area (Å²) in [6.45, 7) is 1.39. The molecule has 0 saturated heterocycles. The molecule has 0 aliphatic heterocycles. The first-order chi connectivity index (χ1) is 7.54. The molecule has 4 heteroatoms. The number of carbonyl (C=O) groups excluding carboxylic acids is 1. The lowest BCUT2D eigenvalue weighted by Crippen LogP contribution is -2.14. The van der Waals surface area contributed by atoms with Crippen LogP contribution in [0.25, 0.3) is 0 Å². The van der Waals surface area contributed by atoms with Gasteiger partial charge in [0.2, 0.25) is 0 Å². The predicted molar refractivity (Wildman–Crippen MR) is 58.7 cm³/mol. The molecular formula is C12H14O4. The van der Waals surface area contributed by atoms with Crippen LogP contribution >= 0.6 is 0 Å². The van der Waals surface area contributed by atoms with Crippen molar-refractivity contribution in [2.75, 3.05) is 7.11 Å². The van der Waals surface area contributed by atoms with Crippen LogP contribution in [0.5, 0.6) is 5.75 Å². The normalized spacial score (nSPS) is 11.9. The van der Waals surface area contributed by atoms with Crippen LogP contribution in [0, 0.1) is 0 Å². The molecule has 0 aromatic heterocycles. The van der Waals surface area contributed by atoms with E-state index in [4.69, 9.17) is 9.84 Å². The molecule has 0 spiro atoms. The fraction of sp³-hybridized carbons (Fsp3) is 0.333. The first-order valence-corrected chi connectivity index (χ1v) is 4.90. The second-order valence-electron chi connectivity index (χ2n) is 3.57. The van der Waals surface area contributed by atoms with E-state index in [9.17, 15) is 9.59 Å². The average molecular weight is 222 g/mol. The minimum Gasteiger partial charge on any atom is -0.497 e. The number of hydrogen-bond acceptors (Lipinski definition) is 3. The number of ketones is 1. The van der Waals surface area contributed by atoms with Crippen molar-refractivity contribution in [3.63, 3.8) is 0 Å². The molecule has 0 radical (unpaired) electrons. The first-order valence-electron chi connectivity index (χ1n) is 4.90. The zero-order valence-corrected chi connectivity index (χ0v) is 9.27. The fourth-order valence-corrected chi connectivity index (χ4v) is 1.47. The van der Waals surface area contributed by atoms with Gasteiger partial charge in [-0.25, -0.2) is 0 Å². The van der Waals surface area contributed by atoms with E-state index in [1.165, 1.54) is 6.92 Å². The third kappa shape index (κ3) is 3.08. The quantitative estimate of drug-likeness (QED) is 0.825. The molecule has 1 N–H and O–H groups in total. The van der Waals surface area contributed by atoms with Crippen molar-refractivity contribution in [3.8, 4) is 5.75 Å². The van der Waals surface area contributed by atoms with Crippen LogP contribution in [0.15, 0.2) is 24.3 Å². The highest BCUT2D eigenvalue weighted by atomic mass is 16.5. The van der Waals surface area contributed by atoms with Gasteiger partial charge in [0, 0.05) is 6.42 Å². The summed E-state index contributed by atoms with van der Waals surface area (Å²) in [5.74, 6) is -1.23. The van der Waals surface area contributed by atoms with Crippen LogP contribution in [-0.2, 0) is 9.59 Å². The number of carbonyl (C=O) groups is 2. The van der Waals surface area contributed by atoms with E-state index in [0.29, 0.717) is 11.3 Å². The monoisotopic (exact) mass is 222 g/mol. The molecule has 0 bridgehead atoms. The molecule has 16 heavy (non-hydrogen) atoms. The molecule has 4 nitrogen and oxygen atoms in total. The Balaban J connectivity index is 2.92. The zero-order chi connectivity index (χ0) is 12.1. The van der Waals surface area contributed by atoms with Crippen LogP contribution in [0.2, 0.25) is 0 Å². The highest BCUT2D eigenvalue weighted by Crippen LogP contribution is 2.22. The van der Waals surface area contributed by atoms with Gasteiger partial charge in [-0.05, 0) is 24.6 Å². The Bertz CT molecular complexity index is 381. The molecule has 0 saturated carbocycles. The molecule has 0 amide bonds. The van der Waals surface area contributed by atoms with Crippen molar-refractivity contribution in [1.82, 2.24) is 0 Å². The van der Waals surface area contributed by atoms with Crippen LogP contribution in [-0.4, -0.2) is 24.0 Å². The summed E-state index contributed by atoms with van der Waals surface area (Å²) >= 11 is 0. The Kier molecular flexibility index (Phi) is 4.05. The second kappa shape index (κ2) is 5.30. The summed E-state index contributed by atoms with van der Waals surface area (Å²) in [7, 11) is 1.54. The highest BCUT2D eigenvalue weighted by Gasteiger charge is 2.21. The Hall–Kier alpha value is -1.84. The molecule has 1 aromatic carbocycles. The average Bonchev–Trinajstić information content (AvgIpc) is 2.25. The summed E-state index contributed by atoms with van der Waals surface area (Å²) in [6.07, 6.45) is 0.0155. The summed E-state index contributed by atoms with van der Waals surface area (Å²) in [5.41, 5.74) is 0.614. The number of rotatable bonds is 5. The second-order valence-corrected chi connectivity index (χ2v) is 3.57. The summed E-state index contributed by atoms with van der Waals surface area (Å²) in [4.78, 5) is 22.0. The van der Waals surface area contributed by atoms with Gasteiger partial charge in [0.25, 0.3) is 0 Å². The molecule has 1 unspecified atom stereocenters. The van der Waals surface area contributed by atoms with Crippen LogP contribution in [0.3, 0.4) is 0 Å². The third-order valence-corrected chi connectivity index (χ3v) is 2.31. The molecule has 1 atom stereocenters. The van der Waals surface area contributed by atoms with Crippen molar-refractivity contribution in [2.24, 2.45) is 0 Å². The van der Waals surface area contributed by atoms with Crippen LogP contribution in [0.4, 0.5) is 0 Å². The van der Waals surface area contributed by atoms with Gasteiger partial charge in [0.15, 0.2) is 0 Å². The molecular weight excluding hydrogens is 208 g/mol. The maximum atomic E-state index is 11.0. The number of ether oxygens (including phenoxy) is 1. The van der Waals surface area contributed by atoms with Crippen molar-refractivity contribution >= 4 is 11.8 Å². The summed E-state index contributed by atoms with van der Waals surface area (Å²) in [5, 5.41) is 9.02. The van der Waals surface area contributed by atoms with E-state index in [0.717, 1.165) is 0 Å². The largest absolute Gasteiger partial charge is 0.497 e. The lowest BCUT2D eigenvalue weighted by atomic mass is 9.94. The van der Waals surface area contributed by atoms with Gasteiger partial charge in [0.1, 0.15) is 11.5 Å². The number of hydrogen-bond donors (Lipinski definition) is 1. The molecule has 0 heterocycles. The van der Waals surface area contributed by atoms with Gasteiger partial charge in [-0.2, -0.15) is 0 Å². The standard InChI is InChI=1S/C12H14O4/c1-8(13)7-11(12(14)15)9-3-5-10(16-2)6-4-9/h3-6,11H,7H2,1-2H3,(H,14,15). The van der Waals surface area contributed by atoms with E-state index in [2.05, 4.69) is 0 Å². The third-order valence-electron chi connectivity index (χ3n) is 2.31. The number of Topliss-reactive ketones (excluding diaryl/α,β-unsaturated/α-hetero) is 1. The number of benzene rings is 1. The van der Waals surface area contributed by atoms with E-state index in [1.807, 2.05) is 0 Å². The molecule has 0 aliphatic rings. The SMILES string of the molecule is COc1ccc(C(CC(C)=O)C(=O)O)cc1. The van der Waals surface area contributed by atoms with E-state index >= 15 is 0 Å². The summed E-state index contributed by atoms with van der Waals surface area (Å²) < 4.78 is 4.98. The first kappa shape index (κ1) is 12.2. The molecule has 1 aromatic rings. The van der Waals surface area contributed by atoms with Gasteiger partial charge < -0.3 is 9.84 Å². The van der Waals surface area contributed by atoms with Gasteiger partial charge in [0.05, 0.1) is 13.0 Å². The van der Waals surface area contributed by atoms with Gasteiger partial charge in [-0.1, -0.05) is 12.1 Å². The van der Waals surface area contributed by atoms with E-state index < -0.39 is 11.9 Å². The van der Waals surface area contributed by atoms with Crippen molar-refractivity contribution in [3.05, 3.63) is 29.8 Å². The molecule has 86 valence electrons. The maximum Gasteiger partial charge on any atom is 0.311 e.